The Balaban J connectivity index is 1.84. The summed E-state index contributed by atoms with van der Waals surface area (Å²) in [5, 5.41) is 1.21. The molecule has 152 valence electrons. The molecule has 0 spiro atoms. The lowest BCUT2D eigenvalue weighted by molar-refractivity contribution is -0.143. The van der Waals surface area contributed by atoms with Gasteiger partial charge in [-0.3, -0.25) is 4.79 Å². The molecular weight excluding hydrogens is 428 g/mol. The zero-order valence-corrected chi connectivity index (χ0v) is 18.8. The smallest absolute Gasteiger partial charge is 0.307 e. The highest BCUT2D eigenvalue weighted by atomic mass is 79.9. The number of benzene rings is 2. The largest absolute Gasteiger partial charge is 0.466 e. The molecular formula is C24H27BrN2O2. The van der Waals surface area contributed by atoms with Gasteiger partial charge in [0.25, 0.3) is 0 Å². The molecule has 1 aliphatic rings. The Labute approximate surface area is 180 Å². The van der Waals surface area contributed by atoms with Crippen molar-refractivity contribution >= 4 is 38.5 Å². The summed E-state index contributed by atoms with van der Waals surface area (Å²) in [5.74, 6) is 0.544. The Kier molecular flexibility index (Phi) is 5.68. The summed E-state index contributed by atoms with van der Waals surface area (Å²) >= 11 is 3.89. The van der Waals surface area contributed by atoms with E-state index in [-0.39, 0.29) is 5.97 Å². The zero-order chi connectivity index (χ0) is 20.5. The molecule has 0 saturated heterocycles. The van der Waals surface area contributed by atoms with Gasteiger partial charge in [0, 0.05) is 42.8 Å². The first-order valence-electron chi connectivity index (χ1n) is 10.2. The van der Waals surface area contributed by atoms with Crippen molar-refractivity contribution in [1.29, 1.82) is 0 Å². The predicted octanol–water partition coefficient (Wildman–Crippen LogP) is 5.97. The molecule has 0 amide bonds. The Bertz CT molecular complexity index is 1050. The second-order valence-electron chi connectivity index (χ2n) is 7.86. The normalized spacial score (nSPS) is 13.7. The SMILES string of the molecule is CCOC(=O)CCn1c(-c2cccc(N(C)C)c2)c(Br)c2cc(C3CC3)ccc21. The van der Waals surface area contributed by atoms with Crippen LogP contribution in [0, 0.1) is 0 Å². The number of hydrogen-bond donors (Lipinski definition) is 0. The Morgan fingerprint density at radius 2 is 2.00 bits per heavy atom. The molecule has 29 heavy (non-hydrogen) atoms. The summed E-state index contributed by atoms with van der Waals surface area (Å²) in [6.07, 6.45) is 2.92. The van der Waals surface area contributed by atoms with Crippen LogP contribution >= 0.6 is 15.9 Å². The molecule has 0 radical (unpaired) electrons. The number of fused-ring (bicyclic) bond motifs is 1. The lowest BCUT2D eigenvalue weighted by atomic mass is 10.1. The molecule has 1 aromatic heterocycles. The van der Waals surface area contributed by atoms with Crippen LogP contribution in [0.25, 0.3) is 22.2 Å². The maximum atomic E-state index is 12.0. The van der Waals surface area contributed by atoms with Gasteiger partial charge in [0.1, 0.15) is 0 Å². The molecule has 0 atom stereocenters. The van der Waals surface area contributed by atoms with Gasteiger partial charge in [-0.2, -0.15) is 0 Å². The molecule has 0 aliphatic heterocycles. The van der Waals surface area contributed by atoms with Crippen LogP contribution in [0.2, 0.25) is 0 Å². The van der Waals surface area contributed by atoms with Gasteiger partial charge in [-0.25, -0.2) is 0 Å². The zero-order valence-electron chi connectivity index (χ0n) is 17.2. The van der Waals surface area contributed by atoms with Gasteiger partial charge >= 0.3 is 5.97 Å². The highest BCUT2D eigenvalue weighted by Crippen LogP contribution is 2.44. The van der Waals surface area contributed by atoms with Gasteiger partial charge in [0.2, 0.25) is 0 Å². The van der Waals surface area contributed by atoms with Gasteiger partial charge in [-0.15, -0.1) is 0 Å². The lowest BCUT2D eigenvalue weighted by Gasteiger charge is -2.16. The molecule has 1 saturated carbocycles. The number of halogens is 1. The maximum absolute atomic E-state index is 12.0. The van der Waals surface area contributed by atoms with E-state index in [4.69, 9.17) is 4.74 Å². The van der Waals surface area contributed by atoms with Crippen LogP contribution in [0.1, 0.15) is 37.7 Å². The number of hydrogen-bond acceptors (Lipinski definition) is 3. The highest BCUT2D eigenvalue weighted by molar-refractivity contribution is 9.10. The van der Waals surface area contributed by atoms with Gasteiger partial charge in [0.15, 0.2) is 0 Å². The van der Waals surface area contributed by atoms with Crippen LogP contribution in [0.3, 0.4) is 0 Å². The number of esters is 1. The summed E-state index contributed by atoms with van der Waals surface area (Å²) in [5.41, 5.74) is 5.96. The van der Waals surface area contributed by atoms with E-state index in [0.29, 0.717) is 25.5 Å². The number of anilines is 1. The van der Waals surface area contributed by atoms with Crippen molar-refractivity contribution in [3.8, 4) is 11.3 Å². The molecule has 5 heteroatoms. The van der Waals surface area contributed by atoms with E-state index in [1.165, 1.54) is 23.8 Å². The third-order valence-electron chi connectivity index (χ3n) is 5.56. The molecule has 1 heterocycles. The van der Waals surface area contributed by atoms with E-state index < -0.39 is 0 Å². The summed E-state index contributed by atoms with van der Waals surface area (Å²) in [7, 11) is 4.10. The fourth-order valence-electron chi connectivity index (χ4n) is 3.88. The second kappa shape index (κ2) is 8.23. The molecule has 1 fully saturated rings. The van der Waals surface area contributed by atoms with Crippen LogP contribution in [0.4, 0.5) is 5.69 Å². The molecule has 4 rings (SSSR count). The van der Waals surface area contributed by atoms with Crippen molar-refractivity contribution < 1.29 is 9.53 Å². The number of ether oxygens (including phenoxy) is 1. The number of aryl methyl sites for hydroxylation is 1. The molecule has 4 nitrogen and oxygen atoms in total. The summed E-state index contributed by atoms with van der Waals surface area (Å²) < 4.78 is 8.51. The van der Waals surface area contributed by atoms with E-state index in [2.05, 4.69) is 67.9 Å². The molecule has 2 aromatic carbocycles. The highest BCUT2D eigenvalue weighted by Gasteiger charge is 2.25. The summed E-state index contributed by atoms with van der Waals surface area (Å²) in [6, 6.07) is 15.3. The number of rotatable bonds is 7. The Morgan fingerprint density at radius 3 is 2.69 bits per heavy atom. The molecule has 0 bridgehead atoms. The van der Waals surface area contributed by atoms with Gasteiger partial charge in [0.05, 0.1) is 23.2 Å². The minimum absolute atomic E-state index is 0.159. The fourth-order valence-corrected chi connectivity index (χ4v) is 4.64. The quantitative estimate of drug-likeness (QED) is 0.412. The second-order valence-corrected chi connectivity index (χ2v) is 8.66. The van der Waals surface area contributed by atoms with Crippen molar-refractivity contribution in [2.45, 2.75) is 38.6 Å². The van der Waals surface area contributed by atoms with E-state index in [0.717, 1.165) is 26.9 Å². The van der Waals surface area contributed by atoms with E-state index in [9.17, 15) is 4.79 Å². The molecule has 3 aromatic rings. The van der Waals surface area contributed by atoms with Crippen molar-refractivity contribution in [2.24, 2.45) is 0 Å². The number of nitrogens with zero attached hydrogens (tertiary/aromatic N) is 2. The third-order valence-corrected chi connectivity index (χ3v) is 6.36. The summed E-state index contributed by atoms with van der Waals surface area (Å²) in [6.45, 7) is 2.85. The fraction of sp³-hybridized carbons (Fsp3) is 0.375. The van der Waals surface area contributed by atoms with Crippen LogP contribution < -0.4 is 4.90 Å². The van der Waals surface area contributed by atoms with Gasteiger partial charge in [-0.05, 0) is 71.4 Å². The van der Waals surface area contributed by atoms with E-state index in [1.54, 1.807) is 0 Å². The lowest BCUT2D eigenvalue weighted by Crippen LogP contribution is -2.10. The van der Waals surface area contributed by atoms with Crippen molar-refractivity contribution in [3.05, 3.63) is 52.5 Å². The van der Waals surface area contributed by atoms with E-state index in [1.807, 2.05) is 21.0 Å². The van der Waals surface area contributed by atoms with Crippen molar-refractivity contribution in [3.63, 3.8) is 0 Å². The van der Waals surface area contributed by atoms with Crippen LogP contribution in [-0.2, 0) is 16.1 Å². The third kappa shape index (κ3) is 4.06. The predicted molar refractivity (Wildman–Crippen MR) is 123 cm³/mol. The maximum Gasteiger partial charge on any atom is 0.307 e. The van der Waals surface area contributed by atoms with E-state index >= 15 is 0 Å². The minimum atomic E-state index is -0.159. The van der Waals surface area contributed by atoms with Crippen molar-refractivity contribution in [1.82, 2.24) is 4.57 Å². The Morgan fingerprint density at radius 1 is 1.21 bits per heavy atom. The first-order valence-corrected chi connectivity index (χ1v) is 11.0. The molecule has 0 unspecified atom stereocenters. The summed E-state index contributed by atoms with van der Waals surface area (Å²) in [4.78, 5) is 14.2. The average molecular weight is 455 g/mol. The molecule has 1 aliphatic carbocycles. The first-order chi connectivity index (χ1) is 14.0. The van der Waals surface area contributed by atoms with Crippen molar-refractivity contribution in [2.75, 3.05) is 25.6 Å². The number of carbonyl (C=O) groups is 1. The standard InChI is InChI=1S/C24H27BrN2O2/c1-4-29-22(28)12-13-27-21-11-10-17(16-8-9-16)15-20(21)23(25)24(27)18-6-5-7-19(14-18)26(2)3/h5-7,10-11,14-16H,4,8-9,12-13H2,1-3H3. The minimum Gasteiger partial charge on any atom is -0.466 e. The van der Waals surface area contributed by atoms with Gasteiger partial charge < -0.3 is 14.2 Å². The monoisotopic (exact) mass is 454 g/mol. The topological polar surface area (TPSA) is 34.5 Å². The average Bonchev–Trinajstić information content (AvgIpc) is 3.52. The first kappa shape index (κ1) is 20.0. The Hall–Kier alpha value is -2.27. The van der Waals surface area contributed by atoms with Gasteiger partial charge in [-0.1, -0.05) is 18.2 Å². The van der Waals surface area contributed by atoms with Crippen LogP contribution in [-0.4, -0.2) is 31.2 Å². The van der Waals surface area contributed by atoms with Crippen LogP contribution in [0.15, 0.2) is 46.9 Å². The molecule has 0 N–H and O–H groups in total. The van der Waals surface area contributed by atoms with Crippen LogP contribution in [0.5, 0.6) is 0 Å². The number of carbonyl (C=O) groups excluding carboxylic acids is 1. The number of aromatic nitrogens is 1.